The predicted octanol–water partition coefficient (Wildman–Crippen LogP) is 27.0. The summed E-state index contributed by atoms with van der Waals surface area (Å²) in [4.78, 5) is 25.8. The van der Waals surface area contributed by atoms with Crippen LogP contribution < -0.4 is 0 Å². The number of rotatable bonds is 0. The first-order valence-electron chi connectivity index (χ1n) is 39.0. The zero-order chi connectivity index (χ0) is 78.6. The van der Waals surface area contributed by atoms with Crippen molar-refractivity contribution in [1.29, 1.82) is 0 Å². The van der Waals surface area contributed by atoms with Crippen molar-refractivity contribution in [2.45, 2.75) is 79.8 Å². The highest BCUT2D eigenvalue weighted by Gasteiger charge is 2.53. The van der Waals surface area contributed by atoms with E-state index in [1.165, 1.54) is 98.8 Å². The molecule has 15 heteroatoms. The van der Waals surface area contributed by atoms with Crippen molar-refractivity contribution in [3.05, 3.63) is 411 Å². The summed E-state index contributed by atoms with van der Waals surface area (Å²) in [7, 11) is -3.00. The van der Waals surface area contributed by atoms with Gasteiger partial charge in [-0.2, -0.15) is 10.2 Å². The third-order valence-corrected chi connectivity index (χ3v) is 30.0. The molecule has 6 aliphatic carbocycles. The van der Waals surface area contributed by atoms with Crippen molar-refractivity contribution in [2.75, 3.05) is 0 Å². The Kier molecular flexibility index (Phi) is 16.5. The Morgan fingerprint density at radius 2 is 0.500 bits per heavy atom. The van der Waals surface area contributed by atoms with Crippen LogP contribution in [-0.4, -0.2) is 34.6 Å². The molecule has 2 unspecified atom stereocenters. The number of carbonyl (C=O) groups excluding carboxylic acids is 2. The monoisotopic (exact) mass is 1620 g/mol. The lowest BCUT2D eigenvalue weighted by molar-refractivity contribution is -0.125. The van der Waals surface area contributed by atoms with Crippen molar-refractivity contribution in [3.8, 4) is 0 Å². The number of fused-ring (bicyclic) bond motifs is 10. The molecule has 562 valence electrons. The average Bonchev–Trinajstić information content (AvgIpc) is 0.691. The van der Waals surface area contributed by atoms with Gasteiger partial charge in [0, 0.05) is 18.8 Å². The summed E-state index contributed by atoms with van der Waals surface area (Å²) >= 11 is 26.9. The van der Waals surface area contributed by atoms with Gasteiger partial charge in [-0.05, 0) is 304 Å². The summed E-state index contributed by atoms with van der Waals surface area (Å²) in [6.07, 6.45) is -0.538. The van der Waals surface area contributed by atoms with Gasteiger partial charge in [-0.1, -0.05) is 241 Å². The van der Waals surface area contributed by atoms with Crippen LogP contribution in [0.25, 0.3) is 86.2 Å². The SMILES string of the molecule is CC(=O)N1C2c3cc4ccccc4cc3C(c3cc4ccccc4cc32)S1=O.CC(C)(C)OC(=O)N1C2c3cc4ccccc4cc3C(c3cc4ccccc4cc32)S1=O.Clc1c(Cl)c(Cl)c2c(c1Cl)C1c3cc4ccccc4cc3C2c2cc3ccccc3cc21.c1ccc2cc3c(cc2c1)C1N=NC3c2cc3ccccc3cc21. The minimum Gasteiger partial charge on any atom is -0.443 e. The number of ether oxygens (including phenoxy) is 1. The Morgan fingerprint density at radius 3 is 0.724 bits per heavy atom. The first-order valence-corrected chi connectivity index (χ1v) is 42.8. The highest BCUT2D eigenvalue weighted by atomic mass is 35.5. The topological polar surface area (TPSA) is 109 Å². The number of nitrogens with zero attached hydrogens (tertiary/aromatic N) is 4. The molecule has 2 amide bonds. The fourth-order valence-corrected chi connectivity index (χ4v) is 24.3. The summed E-state index contributed by atoms with van der Waals surface area (Å²) < 4.78 is 36.0. The van der Waals surface area contributed by atoms with E-state index in [0.717, 1.165) is 98.7 Å². The van der Waals surface area contributed by atoms with Gasteiger partial charge in [0.2, 0.25) is 5.91 Å². The molecule has 0 fully saturated rings. The standard InChI is InChI=1S/C28H14Cl4.C27H23NO3S.C24H17NO2S.C22H14N2/c29-25-23-21-17-9-13-5-1-2-6-14(13)10-18(17)22(24(23)26(30)28(32)27(25)31)20-12-16-8-4-3-7-15(16)11-19(20)21;1-27(2,3)31-26(29)28-24-20-12-16-8-4-6-10-18(16)14-22(20)25(32(28)30)23-15-19-11-7-5-9-17(19)13-21(23)24;1-14(26)25-23-19-10-15-6-2-4-8-17(15)12-21(19)24(28(25)27)22-13-18-9-5-3-7-16(18)11-20(22)23;1-2-6-14-10-18-17(9-13(14)5-1)21-19-11-15-7-3-4-8-16(15)12-20(19)22(18)24-23-21/h1-12,21-22H;4-15,24-25H,1-3H3;2-13,23-24H,1H3;1-12,21-22H. The zero-order valence-corrected chi connectivity index (χ0v) is 67.6. The van der Waals surface area contributed by atoms with E-state index in [0.29, 0.717) is 20.1 Å². The van der Waals surface area contributed by atoms with E-state index in [2.05, 4.69) is 253 Å². The molecular weight excluding hydrogens is 1560 g/mol. The molecule has 0 N–H and O–H groups in total. The fourth-order valence-electron chi connectivity index (χ4n) is 19.8. The second-order valence-electron chi connectivity index (χ2n) is 32.4. The van der Waals surface area contributed by atoms with Crippen molar-refractivity contribution in [1.82, 2.24) is 8.61 Å². The van der Waals surface area contributed by atoms with Gasteiger partial charge < -0.3 is 4.74 Å². The van der Waals surface area contributed by atoms with Crippen LogP contribution in [0.15, 0.2) is 301 Å². The molecule has 8 bridgehead atoms. The largest absolute Gasteiger partial charge is 0.443 e. The molecule has 12 aliphatic rings. The van der Waals surface area contributed by atoms with Gasteiger partial charge in [-0.15, -0.1) is 0 Å². The number of carbonyl (C=O) groups is 2. The third-order valence-electron chi connectivity index (χ3n) is 24.7. The Hall–Kier alpha value is -11.4. The van der Waals surface area contributed by atoms with E-state index in [4.69, 9.17) is 51.1 Å². The van der Waals surface area contributed by atoms with Crippen LogP contribution in [0.3, 0.4) is 0 Å². The summed E-state index contributed by atoms with van der Waals surface area (Å²) in [6, 6.07) is 102. The maximum Gasteiger partial charge on any atom is 0.423 e. The normalized spacial score (nSPS) is 20.5. The summed E-state index contributed by atoms with van der Waals surface area (Å²) in [5.41, 5.74) is 20.1. The van der Waals surface area contributed by atoms with Crippen molar-refractivity contribution >= 4 is 167 Å². The molecule has 0 spiro atoms. The Labute approximate surface area is 693 Å². The summed E-state index contributed by atoms with van der Waals surface area (Å²) in [6.45, 7) is 7.01. The zero-order valence-electron chi connectivity index (χ0n) is 63.0. The van der Waals surface area contributed by atoms with Gasteiger partial charge in [0.25, 0.3) is 0 Å². The number of hydrogen-bond donors (Lipinski definition) is 0. The quantitative estimate of drug-likeness (QED) is 0.111. The minimum absolute atomic E-state index is 0.0363. The van der Waals surface area contributed by atoms with Crippen LogP contribution in [0.5, 0.6) is 0 Å². The van der Waals surface area contributed by atoms with Gasteiger partial charge in [0.05, 0.1) is 32.2 Å². The maximum absolute atomic E-state index is 13.8. The lowest BCUT2D eigenvalue weighted by Gasteiger charge is -2.46. The van der Waals surface area contributed by atoms with E-state index in [-0.39, 0.29) is 41.1 Å². The Bertz CT molecular complexity index is 6780. The maximum atomic E-state index is 13.8. The number of halogens is 4. The fraction of sp³-hybridized carbons (Fsp3) is 0.129. The van der Waals surface area contributed by atoms with Gasteiger partial charge in [-0.3, -0.25) is 4.79 Å². The van der Waals surface area contributed by atoms with E-state index in [1.807, 2.05) is 69.3 Å². The first-order chi connectivity index (χ1) is 56.4. The number of benzene rings is 17. The Balaban J connectivity index is 0.0000000943. The second-order valence-corrected chi connectivity index (χ2v) is 36.7. The molecule has 0 saturated heterocycles. The van der Waals surface area contributed by atoms with Gasteiger partial charge >= 0.3 is 6.09 Å². The second kappa shape index (κ2) is 26.8. The first kappa shape index (κ1) is 71.2. The van der Waals surface area contributed by atoms with Crippen molar-refractivity contribution < 1.29 is 22.7 Å². The van der Waals surface area contributed by atoms with Crippen LogP contribution in [-0.2, 0) is 31.5 Å². The van der Waals surface area contributed by atoms with Gasteiger partial charge in [0.1, 0.15) is 50.2 Å². The molecule has 9 nitrogen and oxygen atoms in total. The molecule has 29 rings (SSSR count). The minimum atomic E-state index is -1.58. The molecule has 17 aromatic rings. The number of azo groups is 1. The smallest absolute Gasteiger partial charge is 0.423 e. The lowest BCUT2D eigenvalue weighted by Crippen LogP contribution is -2.48. The number of hydrogen-bond acceptors (Lipinski definition) is 7. The lowest BCUT2D eigenvalue weighted by atomic mass is 9.60. The molecule has 0 aromatic heterocycles. The molecular formula is C101H68Cl4N4O5S2. The van der Waals surface area contributed by atoms with Gasteiger partial charge in [0.15, 0.2) is 0 Å². The molecule has 6 aliphatic heterocycles. The van der Waals surface area contributed by atoms with E-state index >= 15 is 0 Å². The van der Waals surface area contributed by atoms with Crippen molar-refractivity contribution in [2.24, 2.45) is 10.2 Å². The predicted molar refractivity (Wildman–Crippen MR) is 473 cm³/mol. The molecule has 0 saturated carbocycles. The van der Waals surface area contributed by atoms with Crippen LogP contribution in [0.1, 0.15) is 174 Å². The third kappa shape index (κ3) is 11.0. The van der Waals surface area contributed by atoms with E-state index < -0.39 is 45.0 Å². The molecule has 17 aromatic carbocycles. The van der Waals surface area contributed by atoms with Crippen LogP contribution in [0, 0.1) is 0 Å². The van der Waals surface area contributed by atoms with Crippen LogP contribution >= 0.6 is 46.4 Å². The number of amides is 2. The Morgan fingerprint density at radius 1 is 0.302 bits per heavy atom. The summed E-state index contributed by atoms with van der Waals surface area (Å²) in [5, 5.41) is 29.2. The highest BCUT2D eigenvalue weighted by Crippen LogP contribution is 2.64. The summed E-state index contributed by atoms with van der Waals surface area (Å²) in [5.74, 6) is -0.242. The highest BCUT2D eigenvalue weighted by molar-refractivity contribution is 7.84. The van der Waals surface area contributed by atoms with E-state index in [1.54, 1.807) is 4.31 Å². The van der Waals surface area contributed by atoms with E-state index in [9.17, 15) is 18.0 Å². The molecule has 0 radical (unpaired) electrons. The van der Waals surface area contributed by atoms with Crippen molar-refractivity contribution in [3.63, 3.8) is 0 Å². The average molecular weight is 1620 g/mol. The molecule has 6 heterocycles. The van der Waals surface area contributed by atoms with Gasteiger partial charge in [-0.25, -0.2) is 21.8 Å². The van der Waals surface area contributed by atoms with Crippen LogP contribution in [0.2, 0.25) is 20.1 Å². The molecule has 116 heavy (non-hydrogen) atoms. The van der Waals surface area contributed by atoms with Crippen LogP contribution in [0.4, 0.5) is 4.79 Å². The molecule has 2 atom stereocenters.